The van der Waals surface area contributed by atoms with Crippen LogP contribution in [0.2, 0.25) is 0 Å². The van der Waals surface area contributed by atoms with Crippen molar-refractivity contribution in [2.24, 2.45) is 0 Å². The molecule has 3 heterocycles. The van der Waals surface area contributed by atoms with E-state index in [0.717, 1.165) is 54.9 Å². The van der Waals surface area contributed by atoms with Gasteiger partial charge in [0.1, 0.15) is 21.7 Å². The monoisotopic (exact) mass is 612 g/mol. The molecule has 0 bridgehead atoms. The van der Waals surface area contributed by atoms with Gasteiger partial charge < -0.3 is 9.64 Å². The third kappa shape index (κ3) is 5.46. The summed E-state index contributed by atoms with van der Waals surface area (Å²) in [6, 6.07) is 23.1. The average Bonchev–Trinajstić information content (AvgIpc) is 3.63. The van der Waals surface area contributed by atoms with E-state index < -0.39 is 0 Å². The number of rotatable bonds is 8. The molecule has 0 atom stereocenters. The summed E-state index contributed by atoms with van der Waals surface area (Å²) >= 11 is 5.07. The topological polar surface area (TPSA) is 38.4 Å². The molecule has 0 aliphatic carbocycles. The lowest BCUT2D eigenvalue weighted by Gasteiger charge is -2.18. The highest BCUT2D eigenvalue weighted by molar-refractivity contribution is 8.03. The Bertz CT molecular complexity index is 1970. The summed E-state index contributed by atoms with van der Waals surface area (Å²) in [4.78, 5) is 17.4. The number of benzene rings is 3. The fourth-order valence-corrected chi connectivity index (χ4v) is 8.74. The molecule has 0 fully saturated rings. The number of nitrogens with zero attached hydrogens (tertiary/aromatic N) is 3. The highest BCUT2D eigenvalue weighted by atomic mass is 32.2. The van der Waals surface area contributed by atoms with Crippen molar-refractivity contribution in [1.82, 2.24) is 4.57 Å². The van der Waals surface area contributed by atoms with Crippen LogP contribution in [0.4, 0.5) is 5.69 Å². The summed E-state index contributed by atoms with van der Waals surface area (Å²) in [6.07, 6.45) is 6.28. The average molecular weight is 613 g/mol. The third-order valence-corrected chi connectivity index (χ3v) is 10.6. The molecular weight excluding hydrogens is 579 g/mol. The summed E-state index contributed by atoms with van der Waals surface area (Å²) in [5.41, 5.74) is 4.66. The van der Waals surface area contributed by atoms with Crippen LogP contribution in [0.3, 0.4) is 0 Å². The minimum Gasteiger partial charge on any atom is -0.494 e. The Hall–Kier alpha value is -3.59. The van der Waals surface area contributed by atoms with E-state index in [0.29, 0.717) is 13.2 Å². The Morgan fingerprint density at radius 3 is 2.50 bits per heavy atom. The smallest absolute Gasteiger partial charge is 0.269 e. The summed E-state index contributed by atoms with van der Waals surface area (Å²) in [5, 5.41) is 2.26. The van der Waals surface area contributed by atoms with Gasteiger partial charge in [0, 0.05) is 23.6 Å². The minimum absolute atomic E-state index is 0.0362. The molecule has 5 nitrogen and oxygen atoms in total. The fourth-order valence-electron chi connectivity index (χ4n) is 5.30. The van der Waals surface area contributed by atoms with Crippen LogP contribution in [-0.4, -0.2) is 17.7 Å². The van der Waals surface area contributed by atoms with Crippen molar-refractivity contribution in [1.29, 1.82) is 0 Å². The van der Waals surface area contributed by atoms with Crippen LogP contribution < -0.4 is 29.0 Å². The number of aryl methyl sites for hydroxylation is 2. The van der Waals surface area contributed by atoms with Crippen molar-refractivity contribution in [3.05, 3.63) is 114 Å². The van der Waals surface area contributed by atoms with Crippen LogP contribution in [0.25, 0.3) is 22.4 Å². The molecular formula is C34H34N3O2S3+. The molecule has 0 unspecified atom stereocenters. The van der Waals surface area contributed by atoms with Gasteiger partial charge in [-0.3, -0.25) is 9.36 Å². The van der Waals surface area contributed by atoms with Crippen LogP contribution in [-0.2, 0) is 13.1 Å². The third-order valence-electron chi connectivity index (χ3n) is 7.34. The summed E-state index contributed by atoms with van der Waals surface area (Å²) in [5.74, 6) is 0.924. The lowest BCUT2D eigenvalue weighted by atomic mass is 10.2. The molecule has 3 aromatic carbocycles. The molecule has 42 heavy (non-hydrogen) atoms. The SMILES string of the molecule is CCOc1cc2c(cc1C)SC(=C/C=c1/sc(=Cc3sc4ccccc4[n+]3CC)n(Cc3ccccc3)c1=O)N2CC. The maximum absolute atomic E-state index is 13.9. The van der Waals surface area contributed by atoms with E-state index in [4.69, 9.17) is 4.74 Å². The van der Waals surface area contributed by atoms with Gasteiger partial charge in [0.05, 0.1) is 34.5 Å². The van der Waals surface area contributed by atoms with Crippen LogP contribution in [0, 0.1) is 6.92 Å². The van der Waals surface area contributed by atoms with Crippen molar-refractivity contribution in [2.75, 3.05) is 18.1 Å². The van der Waals surface area contributed by atoms with Crippen molar-refractivity contribution >= 4 is 62.5 Å². The Labute approximate surface area is 258 Å². The molecule has 2 aromatic heterocycles. The molecule has 8 heteroatoms. The van der Waals surface area contributed by atoms with Gasteiger partial charge in [0.2, 0.25) is 5.52 Å². The molecule has 1 aliphatic heterocycles. The first kappa shape index (κ1) is 28.5. The molecule has 0 amide bonds. The molecule has 5 aromatic rings. The Balaban J connectivity index is 1.46. The first-order valence-corrected chi connectivity index (χ1v) is 16.8. The number of anilines is 1. The largest absolute Gasteiger partial charge is 0.494 e. The first-order chi connectivity index (χ1) is 20.5. The Morgan fingerprint density at radius 1 is 0.952 bits per heavy atom. The fraction of sp³-hybridized carbons (Fsp3) is 0.235. The van der Waals surface area contributed by atoms with Crippen molar-refractivity contribution < 1.29 is 9.30 Å². The van der Waals surface area contributed by atoms with E-state index in [-0.39, 0.29) is 5.56 Å². The lowest BCUT2D eigenvalue weighted by Crippen LogP contribution is -2.35. The van der Waals surface area contributed by atoms with Gasteiger partial charge in [-0.15, -0.1) is 11.3 Å². The van der Waals surface area contributed by atoms with E-state index in [2.05, 4.69) is 90.9 Å². The van der Waals surface area contributed by atoms with Gasteiger partial charge >= 0.3 is 0 Å². The zero-order valence-electron chi connectivity index (χ0n) is 24.3. The van der Waals surface area contributed by atoms with Crippen LogP contribution >= 0.6 is 34.4 Å². The van der Waals surface area contributed by atoms with E-state index in [1.54, 1.807) is 34.4 Å². The number of para-hydroxylation sites is 1. The van der Waals surface area contributed by atoms with Crippen molar-refractivity contribution in [3.8, 4) is 5.75 Å². The molecule has 214 valence electrons. The van der Waals surface area contributed by atoms with Gasteiger partial charge in [-0.25, -0.2) is 0 Å². The van der Waals surface area contributed by atoms with Gasteiger partial charge in [0.15, 0.2) is 0 Å². The molecule has 0 spiro atoms. The molecule has 0 saturated carbocycles. The zero-order chi connectivity index (χ0) is 29.2. The number of thioether (sulfide) groups is 1. The van der Waals surface area contributed by atoms with Gasteiger partial charge in [-0.05, 0) is 63.1 Å². The van der Waals surface area contributed by atoms with E-state index in [1.807, 2.05) is 35.8 Å². The maximum atomic E-state index is 13.9. The number of ether oxygens (including phenoxy) is 1. The van der Waals surface area contributed by atoms with Crippen molar-refractivity contribution in [3.63, 3.8) is 0 Å². The second-order valence-corrected chi connectivity index (χ2v) is 13.2. The highest BCUT2D eigenvalue weighted by Gasteiger charge is 2.25. The quantitative estimate of drug-likeness (QED) is 0.194. The van der Waals surface area contributed by atoms with E-state index >= 15 is 0 Å². The normalized spacial score (nSPS) is 14.9. The zero-order valence-corrected chi connectivity index (χ0v) is 26.7. The molecule has 0 saturated heterocycles. The Kier molecular flexibility index (Phi) is 8.38. The predicted molar refractivity (Wildman–Crippen MR) is 178 cm³/mol. The summed E-state index contributed by atoms with van der Waals surface area (Å²) in [6.45, 7) is 11.3. The second-order valence-electron chi connectivity index (χ2n) is 10.0. The molecule has 6 rings (SSSR count). The van der Waals surface area contributed by atoms with Gasteiger partial charge in [-0.2, -0.15) is 4.57 Å². The predicted octanol–water partition coefficient (Wildman–Crippen LogP) is 6.27. The Morgan fingerprint density at radius 2 is 1.74 bits per heavy atom. The first-order valence-electron chi connectivity index (χ1n) is 14.3. The second kappa shape index (κ2) is 12.3. The number of hydrogen-bond acceptors (Lipinski definition) is 6. The van der Waals surface area contributed by atoms with Crippen LogP contribution in [0.15, 0.2) is 87.5 Å². The van der Waals surface area contributed by atoms with Gasteiger partial charge in [0.25, 0.3) is 10.6 Å². The molecule has 1 aliphatic rings. The highest BCUT2D eigenvalue weighted by Crippen LogP contribution is 2.48. The maximum Gasteiger partial charge on any atom is 0.269 e. The van der Waals surface area contributed by atoms with Crippen LogP contribution in [0.5, 0.6) is 5.75 Å². The molecule has 0 N–H and O–H groups in total. The standard InChI is InChI=1S/C34H34N3O2S3/c1-5-35-25-15-11-12-16-28(25)40-32(35)21-33-37(22-24-13-9-8-10-14-24)34(38)29(41-33)17-18-31-36(6-2)26-20-27(39-7-3)23(4)19-30(26)42-31/h8-21H,5-7,22H2,1-4H3/q+1/b29-17+,31-18?. The van der Waals surface area contributed by atoms with Crippen LogP contribution in [0.1, 0.15) is 36.9 Å². The molecule has 0 radical (unpaired) electrons. The number of allylic oxidation sites excluding steroid dienone is 1. The number of fused-ring (bicyclic) bond motifs is 2. The number of hydrogen-bond donors (Lipinski definition) is 0. The number of aromatic nitrogens is 2. The van der Waals surface area contributed by atoms with E-state index in [1.165, 1.54) is 15.1 Å². The summed E-state index contributed by atoms with van der Waals surface area (Å²) in [7, 11) is 0. The number of thiazole rings is 2. The lowest BCUT2D eigenvalue weighted by molar-refractivity contribution is -0.665. The van der Waals surface area contributed by atoms with E-state index in [9.17, 15) is 4.79 Å². The van der Waals surface area contributed by atoms with Gasteiger partial charge in [-0.1, -0.05) is 65.6 Å². The van der Waals surface area contributed by atoms with Crippen molar-refractivity contribution in [2.45, 2.75) is 45.7 Å². The summed E-state index contributed by atoms with van der Waals surface area (Å²) < 4.78 is 13.0. The minimum atomic E-state index is 0.0362.